The van der Waals surface area contributed by atoms with E-state index in [4.69, 9.17) is 0 Å². The number of rotatable bonds is 8. The Morgan fingerprint density at radius 1 is 1.48 bits per heavy atom. The highest BCUT2D eigenvalue weighted by Crippen LogP contribution is 2.20. The minimum absolute atomic E-state index is 0.0467. The van der Waals surface area contributed by atoms with Gasteiger partial charge in [0.05, 0.1) is 5.69 Å². The second-order valence-corrected chi connectivity index (χ2v) is 6.12. The first-order valence-corrected chi connectivity index (χ1v) is 7.91. The predicted molar refractivity (Wildman–Crippen MR) is 83.5 cm³/mol. The minimum atomic E-state index is -0.849. The quantitative estimate of drug-likeness (QED) is 0.768. The van der Waals surface area contributed by atoms with Crippen molar-refractivity contribution in [1.82, 2.24) is 10.3 Å². The summed E-state index contributed by atoms with van der Waals surface area (Å²) in [5.74, 6) is -0.592. The van der Waals surface area contributed by atoms with E-state index < -0.39 is 12.0 Å². The van der Waals surface area contributed by atoms with Gasteiger partial charge in [-0.1, -0.05) is 13.8 Å². The zero-order valence-electron chi connectivity index (χ0n) is 12.9. The number of amides is 1. The van der Waals surface area contributed by atoms with Gasteiger partial charge in [-0.25, -0.2) is 4.98 Å². The highest BCUT2D eigenvalue weighted by molar-refractivity contribution is 7.14. The van der Waals surface area contributed by atoms with Crippen molar-refractivity contribution >= 4 is 28.3 Å². The van der Waals surface area contributed by atoms with Crippen LogP contribution in [-0.2, 0) is 16.1 Å². The summed E-state index contributed by atoms with van der Waals surface area (Å²) in [6.45, 7) is 8.33. The van der Waals surface area contributed by atoms with E-state index in [9.17, 15) is 14.7 Å². The molecule has 6 nitrogen and oxygen atoms in total. The molecule has 0 radical (unpaired) electrons. The van der Waals surface area contributed by atoms with Gasteiger partial charge in [0, 0.05) is 25.4 Å². The number of nitrogens with one attached hydrogen (secondary N) is 1. The smallest absolute Gasteiger partial charge is 0.320 e. The molecule has 0 aliphatic carbocycles. The van der Waals surface area contributed by atoms with Crippen LogP contribution in [-0.4, -0.2) is 34.6 Å². The first-order chi connectivity index (χ1) is 9.85. The second kappa shape index (κ2) is 8.09. The van der Waals surface area contributed by atoms with E-state index >= 15 is 0 Å². The number of carbonyl (C=O) groups is 2. The molecule has 0 aliphatic rings. The molecule has 21 heavy (non-hydrogen) atoms. The Kier molecular flexibility index (Phi) is 6.77. The third-order valence-corrected chi connectivity index (χ3v) is 3.91. The van der Waals surface area contributed by atoms with E-state index in [2.05, 4.69) is 10.3 Å². The molecule has 118 valence electrons. The van der Waals surface area contributed by atoms with E-state index in [1.807, 2.05) is 26.2 Å². The normalized spacial score (nSPS) is 12.4. The molecule has 1 amide bonds. The molecule has 7 heteroatoms. The fraction of sp³-hybridized carbons (Fsp3) is 0.643. The molecule has 2 N–H and O–H groups in total. The molecule has 1 heterocycles. The van der Waals surface area contributed by atoms with Crippen molar-refractivity contribution in [3.8, 4) is 0 Å². The maximum atomic E-state index is 11.5. The van der Waals surface area contributed by atoms with Gasteiger partial charge in [-0.15, -0.1) is 11.3 Å². The molecule has 0 saturated heterocycles. The van der Waals surface area contributed by atoms with Crippen LogP contribution in [0, 0.1) is 5.92 Å². The zero-order valence-corrected chi connectivity index (χ0v) is 13.7. The SMILES string of the molecule is CCN(C(C)=O)c1nc(CNC(CC(C)C)C(=O)O)cs1. The Morgan fingerprint density at radius 3 is 2.62 bits per heavy atom. The predicted octanol–water partition coefficient (Wildman–Crippen LogP) is 2.10. The number of carboxylic acids is 1. The molecule has 1 aromatic rings. The summed E-state index contributed by atoms with van der Waals surface area (Å²) in [5.41, 5.74) is 0.754. The Bertz CT molecular complexity index is 488. The lowest BCUT2D eigenvalue weighted by Gasteiger charge is -2.16. The summed E-state index contributed by atoms with van der Waals surface area (Å²) < 4.78 is 0. The topological polar surface area (TPSA) is 82.5 Å². The Labute approximate surface area is 129 Å². The summed E-state index contributed by atoms with van der Waals surface area (Å²) in [6, 6.07) is -0.578. The highest BCUT2D eigenvalue weighted by Gasteiger charge is 2.19. The van der Waals surface area contributed by atoms with E-state index in [1.54, 1.807) is 4.90 Å². The lowest BCUT2D eigenvalue weighted by molar-refractivity contribution is -0.140. The number of aromatic nitrogens is 1. The largest absolute Gasteiger partial charge is 0.480 e. The highest BCUT2D eigenvalue weighted by atomic mass is 32.1. The van der Waals surface area contributed by atoms with Crippen molar-refractivity contribution in [2.24, 2.45) is 5.92 Å². The van der Waals surface area contributed by atoms with Crippen molar-refractivity contribution in [2.75, 3.05) is 11.4 Å². The second-order valence-electron chi connectivity index (χ2n) is 5.29. The van der Waals surface area contributed by atoms with Gasteiger partial charge in [-0.3, -0.25) is 19.8 Å². The molecular weight excluding hydrogens is 290 g/mol. The number of aliphatic carboxylic acids is 1. The van der Waals surface area contributed by atoms with E-state index in [0.29, 0.717) is 30.6 Å². The molecule has 0 aliphatic heterocycles. The van der Waals surface area contributed by atoms with Crippen LogP contribution in [0.2, 0.25) is 0 Å². The summed E-state index contributed by atoms with van der Waals surface area (Å²) in [6.07, 6.45) is 0.570. The van der Waals surface area contributed by atoms with Crippen LogP contribution in [0.25, 0.3) is 0 Å². The van der Waals surface area contributed by atoms with Crippen LogP contribution in [0.5, 0.6) is 0 Å². The molecular formula is C14H23N3O3S. The number of hydrogen-bond donors (Lipinski definition) is 2. The summed E-state index contributed by atoms with van der Waals surface area (Å²) >= 11 is 1.39. The average Bonchev–Trinajstić information content (AvgIpc) is 2.82. The molecule has 1 atom stereocenters. The number of hydrogen-bond acceptors (Lipinski definition) is 5. The van der Waals surface area contributed by atoms with Crippen LogP contribution in [0.15, 0.2) is 5.38 Å². The monoisotopic (exact) mass is 313 g/mol. The van der Waals surface area contributed by atoms with Crippen molar-refractivity contribution in [2.45, 2.75) is 46.7 Å². The number of thiazole rings is 1. The van der Waals surface area contributed by atoms with Gasteiger partial charge < -0.3 is 5.11 Å². The summed E-state index contributed by atoms with van der Waals surface area (Å²) in [7, 11) is 0. The van der Waals surface area contributed by atoms with Crippen LogP contribution in [0.4, 0.5) is 5.13 Å². The van der Waals surface area contributed by atoms with Gasteiger partial charge in [0.2, 0.25) is 5.91 Å². The Morgan fingerprint density at radius 2 is 2.14 bits per heavy atom. The lowest BCUT2D eigenvalue weighted by atomic mass is 10.0. The Balaban J connectivity index is 2.65. The summed E-state index contributed by atoms with van der Waals surface area (Å²) in [4.78, 5) is 28.6. The number of carbonyl (C=O) groups excluding carboxylic acids is 1. The fourth-order valence-corrected chi connectivity index (χ4v) is 2.90. The van der Waals surface area contributed by atoms with Gasteiger partial charge in [0.1, 0.15) is 6.04 Å². The summed E-state index contributed by atoms with van der Waals surface area (Å²) in [5, 5.41) is 14.7. The third-order valence-electron chi connectivity index (χ3n) is 3.00. The van der Waals surface area contributed by atoms with Gasteiger partial charge in [-0.2, -0.15) is 0 Å². The van der Waals surface area contributed by atoms with Crippen LogP contribution in [0.3, 0.4) is 0 Å². The van der Waals surface area contributed by atoms with Crippen LogP contribution >= 0.6 is 11.3 Å². The standard InChI is InChI=1S/C14H23N3O3S/c1-5-17(10(4)18)14-16-11(8-21-14)7-15-12(13(19)20)6-9(2)3/h8-9,12,15H,5-7H2,1-4H3,(H,19,20). The molecule has 0 fully saturated rings. The maximum Gasteiger partial charge on any atom is 0.320 e. The molecule has 0 bridgehead atoms. The molecule has 0 spiro atoms. The first kappa shape index (κ1) is 17.6. The average molecular weight is 313 g/mol. The molecule has 0 saturated carbocycles. The van der Waals surface area contributed by atoms with E-state index in [1.165, 1.54) is 18.3 Å². The molecule has 1 aromatic heterocycles. The van der Waals surface area contributed by atoms with Crippen molar-refractivity contribution in [3.63, 3.8) is 0 Å². The fourth-order valence-electron chi connectivity index (χ4n) is 1.96. The van der Waals surface area contributed by atoms with Crippen LogP contribution < -0.4 is 10.2 Å². The van der Waals surface area contributed by atoms with Crippen molar-refractivity contribution < 1.29 is 14.7 Å². The van der Waals surface area contributed by atoms with Gasteiger partial charge in [0.25, 0.3) is 0 Å². The molecule has 0 aromatic carbocycles. The lowest BCUT2D eigenvalue weighted by Crippen LogP contribution is -2.37. The molecule has 1 unspecified atom stereocenters. The van der Waals surface area contributed by atoms with Gasteiger partial charge >= 0.3 is 5.97 Å². The number of nitrogens with zero attached hydrogens (tertiary/aromatic N) is 2. The van der Waals surface area contributed by atoms with Crippen molar-refractivity contribution in [3.05, 3.63) is 11.1 Å². The zero-order chi connectivity index (χ0) is 16.0. The number of anilines is 1. The van der Waals surface area contributed by atoms with E-state index in [-0.39, 0.29) is 5.91 Å². The maximum absolute atomic E-state index is 11.5. The van der Waals surface area contributed by atoms with Gasteiger partial charge in [0.15, 0.2) is 5.13 Å². The van der Waals surface area contributed by atoms with Gasteiger partial charge in [-0.05, 0) is 19.3 Å². The number of carboxylic acid groups (broad SMARTS) is 1. The first-order valence-electron chi connectivity index (χ1n) is 7.03. The molecule has 1 rings (SSSR count). The van der Waals surface area contributed by atoms with Crippen LogP contribution in [0.1, 0.15) is 39.8 Å². The third kappa shape index (κ3) is 5.43. The van der Waals surface area contributed by atoms with E-state index in [0.717, 1.165) is 5.69 Å². The van der Waals surface area contributed by atoms with Crippen molar-refractivity contribution in [1.29, 1.82) is 0 Å². The minimum Gasteiger partial charge on any atom is -0.480 e. The Hall–Kier alpha value is -1.47.